The highest BCUT2D eigenvalue weighted by atomic mass is 32.2. The van der Waals surface area contributed by atoms with Crippen LogP contribution in [0.25, 0.3) is 0 Å². The monoisotopic (exact) mass is 253 g/mol. The molecule has 0 radical (unpaired) electrons. The highest BCUT2D eigenvalue weighted by Crippen LogP contribution is 2.28. The van der Waals surface area contributed by atoms with E-state index in [9.17, 15) is 4.39 Å². The van der Waals surface area contributed by atoms with Crippen LogP contribution >= 0.6 is 11.8 Å². The Labute approximate surface area is 102 Å². The van der Waals surface area contributed by atoms with Crippen LogP contribution in [0.3, 0.4) is 0 Å². The summed E-state index contributed by atoms with van der Waals surface area (Å²) < 4.78 is 14.7. The number of nitrogens with zero attached hydrogens (tertiary/aromatic N) is 4. The molecule has 0 aliphatic heterocycles. The molecule has 90 valence electrons. The van der Waals surface area contributed by atoms with Gasteiger partial charge in [-0.25, -0.2) is 9.07 Å². The van der Waals surface area contributed by atoms with Crippen LogP contribution in [0.4, 0.5) is 4.39 Å². The molecule has 0 spiro atoms. The van der Waals surface area contributed by atoms with E-state index in [0.717, 1.165) is 10.5 Å². The molecule has 0 aliphatic carbocycles. The smallest absolute Gasteiger partial charge is 0.213 e. The molecule has 2 N–H and O–H groups in total. The number of tetrazole rings is 1. The average Bonchev–Trinajstić information content (AvgIpc) is 2.69. The zero-order valence-corrected chi connectivity index (χ0v) is 10.1. The molecule has 7 heteroatoms. The van der Waals surface area contributed by atoms with E-state index in [4.69, 9.17) is 5.73 Å². The highest BCUT2D eigenvalue weighted by Gasteiger charge is 2.09. The quantitative estimate of drug-likeness (QED) is 0.880. The maximum absolute atomic E-state index is 13.1. The van der Waals surface area contributed by atoms with E-state index in [1.54, 1.807) is 17.8 Å². The minimum atomic E-state index is -0.256. The third-order valence-corrected chi connectivity index (χ3v) is 3.37. The lowest BCUT2D eigenvalue weighted by molar-refractivity contribution is 0.623. The van der Waals surface area contributed by atoms with Crippen LogP contribution in [0.15, 0.2) is 28.3 Å². The summed E-state index contributed by atoms with van der Waals surface area (Å²) in [6.07, 6.45) is 0.630. The van der Waals surface area contributed by atoms with Crippen LogP contribution in [0.5, 0.6) is 0 Å². The summed E-state index contributed by atoms with van der Waals surface area (Å²) in [5.74, 6) is -0.256. The largest absolute Gasteiger partial charge is 0.330 e. The normalized spacial score (nSPS) is 10.8. The molecule has 5 nitrogen and oxygen atoms in total. The molecule has 1 aromatic carbocycles. The minimum absolute atomic E-state index is 0.256. The lowest BCUT2D eigenvalue weighted by Gasteiger charge is -2.07. The first-order valence-corrected chi connectivity index (χ1v) is 5.91. The number of hydrogen-bond donors (Lipinski definition) is 1. The molecule has 0 saturated carbocycles. The fraction of sp³-hybridized carbons (Fsp3) is 0.300. The summed E-state index contributed by atoms with van der Waals surface area (Å²) in [5, 5.41) is 11.8. The Hall–Kier alpha value is -1.47. The lowest BCUT2D eigenvalue weighted by Crippen LogP contribution is -2.04. The number of hydrogen-bond acceptors (Lipinski definition) is 5. The van der Waals surface area contributed by atoms with Crippen LogP contribution < -0.4 is 5.73 Å². The van der Waals surface area contributed by atoms with Gasteiger partial charge in [-0.15, -0.1) is 5.10 Å². The zero-order valence-electron chi connectivity index (χ0n) is 9.30. The maximum Gasteiger partial charge on any atom is 0.213 e. The molecular weight excluding hydrogens is 241 g/mol. The Morgan fingerprint density at radius 3 is 2.94 bits per heavy atom. The Kier molecular flexibility index (Phi) is 3.70. The summed E-state index contributed by atoms with van der Waals surface area (Å²) in [6.45, 7) is 0.480. The standard InChI is InChI=1S/C10H12FN5S/c1-16-10(13-14-15-16)17-9-3-2-8(11)6-7(9)4-5-12/h2-3,6H,4-5,12H2,1H3. The second kappa shape index (κ2) is 5.24. The number of nitrogens with two attached hydrogens (primary N) is 1. The topological polar surface area (TPSA) is 69.6 Å². The van der Waals surface area contributed by atoms with Crippen LogP contribution in [-0.2, 0) is 13.5 Å². The minimum Gasteiger partial charge on any atom is -0.330 e. The summed E-state index contributed by atoms with van der Waals surface area (Å²) in [5.41, 5.74) is 6.38. The summed E-state index contributed by atoms with van der Waals surface area (Å²) >= 11 is 1.40. The van der Waals surface area contributed by atoms with Crippen molar-refractivity contribution < 1.29 is 4.39 Å². The van der Waals surface area contributed by atoms with Crippen LogP contribution in [0.1, 0.15) is 5.56 Å². The Balaban J connectivity index is 2.29. The first-order valence-electron chi connectivity index (χ1n) is 5.09. The van der Waals surface area contributed by atoms with E-state index in [1.807, 2.05) is 0 Å². The zero-order chi connectivity index (χ0) is 12.3. The summed E-state index contributed by atoms with van der Waals surface area (Å²) in [6, 6.07) is 4.64. The molecule has 1 aromatic heterocycles. The van der Waals surface area contributed by atoms with E-state index in [-0.39, 0.29) is 5.82 Å². The van der Waals surface area contributed by atoms with Gasteiger partial charge in [-0.05, 0) is 58.9 Å². The first kappa shape index (κ1) is 12.0. The van der Waals surface area contributed by atoms with Crippen LogP contribution in [0.2, 0.25) is 0 Å². The van der Waals surface area contributed by atoms with Crippen LogP contribution in [-0.4, -0.2) is 26.8 Å². The van der Waals surface area contributed by atoms with Gasteiger partial charge in [-0.3, -0.25) is 0 Å². The van der Waals surface area contributed by atoms with Crippen molar-refractivity contribution in [3.8, 4) is 0 Å². The highest BCUT2D eigenvalue weighted by molar-refractivity contribution is 7.99. The fourth-order valence-electron chi connectivity index (χ4n) is 1.40. The maximum atomic E-state index is 13.1. The molecule has 0 saturated heterocycles. The third-order valence-electron chi connectivity index (χ3n) is 2.22. The van der Waals surface area contributed by atoms with Gasteiger partial charge in [0.1, 0.15) is 5.82 Å². The van der Waals surface area contributed by atoms with E-state index in [0.29, 0.717) is 18.1 Å². The SMILES string of the molecule is Cn1nnnc1Sc1ccc(F)cc1CCN. The molecule has 0 bridgehead atoms. The Bertz CT molecular complexity index is 513. The van der Waals surface area contributed by atoms with Crippen molar-refractivity contribution in [1.29, 1.82) is 0 Å². The van der Waals surface area contributed by atoms with E-state index in [2.05, 4.69) is 15.5 Å². The van der Waals surface area contributed by atoms with Crippen molar-refractivity contribution in [2.24, 2.45) is 12.8 Å². The van der Waals surface area contributed by atoms with E-state index >= 15 is 0 Å². The third kappa shape index (κ3) is 2.80. The molecule has 2 rings (SSSR count). The fourth-order valence-corrected chi connectivity index (χ4v) is 2.28. The van der Waals surface area contributed by atoms with Gasteiger partial charge >= 0.3 is 0 Å². The average molecular weight is 253 g/mol. The number of aromatic nitrogens is 4. The van der Waals surface area contributed by atoms with E-state index < -0.39 is 0 Å². The van der Waals surface area contributed by atoms with Gasteiger partial charge in [0.25, 0.3) is 0 Å². The molecule has 1 heterocycles. The molecule has 17 heavy (non-hydrogen) atoms. The molecule has 0 amide bonds. The van der Waals surface area contributed by atoms with E-state index in [1.165, 1.54) is 23.9 Å². The van der Waals surface area contributed by atoms with Crippen molar-refractivity contribution in [2.75, 3.05) is 6.54 Å². The predicted molar refractivity (Wildman–Crippen MR) is 62.1 cm³/mol. The number of benzene rings is 1. The molecule has 0 atom stereocenters. The van der Waals surface area contributed by atoms with Gasteiger partial charge in [0.2, 0.25) is 5.16 Å². The number of halogens is 1. The van der Waals surface area contributed by atoms with Crippen molar-refractivity contribution in [1.82, 2.24) is 20.2 Å². The van der Waals surface area contributed by atoms with Gasteiger partial charge in [-0.2, -0.15) is 0 Å². The predicted octanol–water partition coefficient (Wildman–Crippen LogP) is 1.00. The Morgan fingerprint density at radius 1 is 1.47 bits per heavy atom. The van der Waals surface area contributed by atoms with Crippen LogP contribution in [0, 0.1) is 5.82 Å². The second-order valence-corrected chi connectivity index (χ2v) is 4.49. The molecule has 0 fully saturated rings. The van der Waals surface area contributed by atoms with Gasteiger partial charge in [0.05, 0.1) is 0 Å². The van der Waals surface area contributed by atoms with Crippen molar-refractivity contribution in [3.05, 3.63) is 29.6 Å². The summed E-state index contributed by atoms with van der Waals surface area (Å²) in [4.78, 5) is 0.926. The Morgan fingerprint density at radius 2 is 2.29 bits per heavy atom. The van der Waals surface area contributed by atoms with Gasteiger partial charge in [0, 0.05) is 11.9 Å². The number of aryl methyl sites for hydroxylation is 1. The van der Waals surface area contributed by atoms with Crippen molar-refractivity contribution in [2.45, 2.75) is 16.5 Å². The molecule has 0 aliphatic rings. The molecule has 2 aromatic rings. The second-order valence-electron chi connectivity index (χ2n) is 3.48. The molecular formula is C10H12FN5S. The molecule has 0 unspecified atom stereocenters. The first-order chi connectivity index (χ1) is 8.20. The lowest BCUT2D eigenvalue weighted by atomic mass is 10.1. The van der Waals surface area contributed by atoms with Gasteiger partial charge < -0.3 is 5.73 Å². The van der Waals surface area contributed by atoms with Crippen molar-refractivity contribution >= 4 is 11.8 Å². The summed E-state index contributed by atoms with van der Waals surface area (Å²) in [7, 11) is 1.76. The van der Waals surface area contributed by atoms with Gasteiger partial charge in [0.15, 0.2) is 0 Å². The van der Waals surface area contributed by atoms with Crippen molar-refractivity contribution in [3.63, 3.8) is 0 Å². The van der Waals surface area contributed by atoms with Gasteiger partial charge in [-0.1, -0.05) is 0 Å². The number of rotatable bonds is 4.